The second-order valence-electron chi connectivity index (χ2n) is 4.16. The minimum atomic E-state index is -0.449. The molecule has 1 aliphatic rings. The van der Waals surface area contributed by atoms with Gasteiger partial charge in [-0.05, 0) is 33.6 Å². The topological polar surface area (TPSA) is 58.6 Å². The van der Waals surface area contributed by atoms with E-state index in [-0.39, 0.29) is 12.3 Å². The maximum atomic E-state index is 11.6. The van der Waals surface area contributed by atoms with Gasteiger partial charge in [0.1, 0.15) is 6.23 Å². The number of nitrogens with one attached hydrogen (secondary N) is 1. The molecule has 90 valence electrons. The van der Waals surface area contributed by atoms with Gasteiger partial charge in [0.15, 0.2) is 0 Å². The van der Waals surface area contributed by atoms with Gasteiger partial charge in [0.25, 0.3) is 0 Å². The van der Waals surface area contributed by atoms with E-state index in [9.17, 15) is 9.59 Å². The molecule has 16 heavy (non-hydrogen) atoms. The molecule has 1 saturated heterocycles. The largest absolute Gasteiger partial charge is 0.355 e. The number of carbonyl (C=O) groups is 2. The molecule has 5 heteroatoms. The summed E-state index contributed by atoms with van der Waals surface area (Å²) in [6.45, 7) is 5.75. The Balaban J connectivity index is 2.74. The van der Waals surface area contributed by atoms with Crippen molar-refractivity contribution in [3.63, 3.8) is 0 Å². The minimum absolute atomic E-state index is 0.155. The molecule has 0 aromatic rings. The van der Waals surface area contributed by atoms with E-state index in [0.29, 0.717) is 6.41 Å². The SMILES string of the molecule is CC(C)=CN(C(=O)NC=O)C1CCC(C)O1. The van der Waals surface area contributed by atoms with Crippen molar-refractivity contribution < 1.29 is 14.3 Å². The highest BCUT2D eigenvalue weighted by Gasteiger charge is 2.29. The molecular weight excluding hydrogens is 208 g/mol. The van der Waals surface area contributed by atoms with Gasteiger partial charge in [-0.25, -0.2) is 4.79 Å². The molecule has 1 rings (SSSR count). The summed E-state index contributed by atoms with van der Waals surface area (Å²) in [5.74, 6) is 0. The maximum absolute atomic E-state index is 11.6. The average Bonchev–Trinajstić information content (AvgIpc) is 2.61. The Morgan fingerprint density at radius 2 is 2.12 bits per heavy atom. The van der Waals surface area contributed by atoms with E-state index in [1.807, 2.05) is 20.8 Å². The zero-order chi connectivity index (χ0) is 12.1. The molecule has 1 N–H and O–H groups in total. The second kappa shape index (κ2) is 5.65. The quantitative estimate of drug-likeness (QED) is 0.744. The molecule has 1 fully saturated rings. The van der Waals surface area contributed by atoms with Gasteiger partial charge >= 0.3 is 6.03 Å². The summed E-state index contributed by atoms with van der Waals surface area (Å²) < 4.78 is 5.60. The molecule has 5 nitrogen and oxygen atoms in total. The molecule has 0 aliphatic carbocycles. The lowest BCUT2D eigenvalue weighted by Crippen LogP contribution is -2.42. The first-order valence-corrected chi connectivity index (χ1v) is 5.37. The molecule has 2 unspecified atom stereocenters. The third kappa shape index (κ3) is 3.34. The molecule has 0 aromatic carbocycles. The highest BCUT2D eigenvalue weighted by molar-refractivity contribution is 5.85. The van der Waals surface area contributed by atoms with Crippen molar-refractivity contribution in [3.05, 3.63) is 11.8 Å². The Kier molecular flexibility index (Phi) is 4.49. The zero-order valence-corrected chi connectivity index (χ0v) is 9.90. The van der Waals surface area contributed by atoms with Gasteiger partial charge < -0.3 is 4.74 Å². The van der Waals surface area contributed by atoms with Crippen LogP contribution in [0.4, 0.5) is 4.79 Å². The van der Waals surface area contributed by atoms with Gasteiger partial charge in [-0.3, -0.25) is 15.0 Å². The Bertz CT molecular complexity index is 298. The average molecular weight is 226 g/mol. The number of imide groups is 1. The summed E-state index contributed by atoms with van der Waals surface area (Å²) in [6.07, 6.45) is 3.67. The molecule has 0 radical (unpaired) electrons. The van der Waals surface area contributed by atoms with Crippen molar-refractivity contribution in [1.82, 2.24) is 10.2 Å². The number of hydrogen-bond donors (Lipinski definition) is 1. The van der Waals surface area contributed by atoms with Crippen LogP contribution in [0.5, 0.6) is 0 Å². The molecule has 1 aliphatic heterocycles. The van der Waals surface area contributed by atoms with Crippen LogP contribution in [-0.4, -0.2) is 29.7 Å². The lowest BCUT2D eigenvalue weighted by Gasteiger charge is -2.25. The predicted molar refractivity (Wildman–Crippen MR) is 59.4 cm³/mol. The van der Waals surface area contributed by atoms with Gasteiger partial charge in [-0.2, -0.15) is 0 Å². The Morgan fingerprint density at radius 1 is 1.44 bits per heavy atom. The van der Waals surface area contributed by atoms with Crippen molar-refractivity contribution in [1.29, 1.82) is 0 Å². The van der Waals surface area contributed by atoms with E-state index in [1.54, 1.807) is 6.20 Å². The third-order valence-corrected chi connectivity index (χ3v) is 2.33. The van der Waals surface area contributed by atoms with Crippen molar-refractivity contribution in [3.8, 4) is 0 Å². The van der Waals surface area contributed by atoms with Crippen LogP contribution in [-0.2, 0) is 9.53 Å². The number of carbonyl (C=O) groups excluding carboxylic acids is 2. The number of urea groups is 1. The normalized spacial score (nSPS) is 23.7. The molecule has 0 spiro atoms. The van der Waals surface area contributed by atoms with Crippen LogP contribution >= 0.6 is 0 Å². The number of ether oxygens (including phenoxy) is 1. The van der Waals surface area contributed by atoms with Crippen LogP contribution in [0.3, 0.4) is 0 Å². The fourth-order valence-corrected chi connectivity index (χ4v) is 1.66. The molecule has 0 saturated carbocycles. The summed E-state index contributed by atoms with van der Waals surface area (Å²) in [4.78, 5) is 23.3. The highest BCUT2D eigenvalue weighted by atomic mass is 16.5. The van der Waals surface area contributed by atoms with Crippen LogP contribution in [0.15, 0.2) is 11.8 Å². The van der Waals surface area contributed by atoms with Gasteiger partial charge in [0, 0.05) is 6.20 Å². The lowest BCUT2D eigenvalue weighted by molar-refractivity contribution is -0.108. The van der Waals surface area contributed by atoms with Gasteiger partial charge in [0.2, 0.25) is 6.41 Å². The van der Waals surface area contributed by atoms with Crippen molar-refractivity contribution in [2.75, 3.05) is 0 Å². The Morgan fingerprint density at radius 3 is 2.56 bits per heavy atom. The van der Waals surface area contributed by atoms with Crippen LogP contribution < -0.4 is 5.32 Å². The summed E-state index contributed by atoms with van der Waals surface area (Å²) in [5.41, 5.74) is 0.976. The number of hydrogen-bond acceptors (Lipinski definition) is 3. The zero-order valence-electron chi connectivity index (χ0n) is 9.90. The number of amides is 3. The van der Waals surface area contributed by atoms with Gasteiger partial charge in [-0.1, -0.05) is 5.57 Å². The number of nitrogens with zero attached hydrogens (tertiary/aromatic N) is 1. The molecule has 1 heterocycles. The summed E-state index contributed by atoms with van der Waals surface area (Å²) >= 11 is 0. The minimum Gasteiger partial charge on any atom is -0.355 e. The van der Waals surface area contributed by atoms with E-state index in [4.69, 9.17) is 4.74 Å². The summed E-state index contributed by atoms with van der Waals surface area (Å²) in [7, 11) is 0. The van der Waals surface area contributed by atoms with Gasteiger partial charge in [0.05, 0.1) is 6.10 Å². The fraction of sp³-hybridized carbons (Fsp3) is 0.636. The van der Waals surface area contributed by atoms with Crippen LogP contribution in [0.25, 0.3) is 0 Å². The monoisotopic (exact) mass is 226 g/mol. The Hall–Kier alpha value is -1.36. The number of rotatable bonds is 3. The van der Waals surface area contributed by atoms with E-state index < -0.39 is 6.03 Å². The van der Waals surface area contributed by atoms with E-state index in [2.05, 4.69) is 5.32 Å². The lowest BCUT2D eigenvalue weighted by atomic mass is 10.2. The Labute approximate surface area is 95.4 Å². The molecule has 0 bridgehead atoms. The summed E-state index contributed by atoms with van der Waals surface area (Å²) in [5, 5.41) is 2.12. The standard InChI is InChI=1S/C11H18N2O3/c1-8(2)6-13(11(15)12-7-14)10-5-4-9(3)16-10/h6-7,9-10H,4-5H2,1-3H3,(H,12,14,15). The first-order chi connectivity index (χ1) is 7.54. The second-order valence-corrected chi connectivity index (χ2v) is 4.16. The fourth-order valence-electron chi connectivity index (χ4n) is 1.66. The van der Waals surface area contributed by atoms with E-state index >= 15 is 0 Å². The first-order valence-electron chi connectivity index (χ1n) is 5.37. The van der Waals surface area contributed by atoms with Crippen molar-refractivity contribution >= 4 is 12.4 Å². The molecule has 3 amide bonds. The maximum Gasteiger partial charge on any atom is 0.329 e. The van der Waals surface area contributed by atoms with Gasteiger partial charge in [-0.15, -0.1) is 0 Å². The third-order valence-electron chi connectivity index (χ3n) is 2.33. The van der Waals surface area contributed by atoms with Crippen LogP contribution in [0, 0.1) is 0 Å². The molecule has 0 aromatic heterocycles. The number of allylic oxidation sites excluding steroid dienone is 1. The van der Waals surface area contributed by atoms with E-state index in [1.165, 1.54) is 4.90 Å². The molecule has 2 atom stereocenters. The van der Waals surface area contributed by atoms with Crippen molar-refractivity contribution in [2.24, 2.45) is 0 Å². The first kappa shape index (κ1) is 12.7. The highest BCUT2D eigenvalue weighted by Crippen LogP contribution is 2.23. The predicted octanol–water partition coefficient (Wildman–Crippen LogP) is 1.60. The summed E-state index contributed by atoms with van der Waals surface area (Å²) in [6, 6.07) is -0.449. The van der Waals surface area contributed by atoms with Crippen molar-refractivity contribution in [2.45, 2.75) is 45.9 Å². The molecular formula is C11H18N2O3. The smallest absolute Gasteiger partial charge is 0.329 e. The van der Waals surface area contributed by atoms with Crippen LogP contribution in [0.2, 0.25) is 0 Å². The van der Waals surface area contributed by atoms with E-state index in [0.717, 1.165) is 18.4 Å². The van der Waals surface area contributed by atoms with Crippen LogP contribution in [0.1, 0.15) is 33.6 Å².